The molecule has 1 aromatic carbocycles. The predicted molar refractivity (Wildman–Crippen MR) is 93.9 cm³/mol. The molecule has 0 bridgehead atoms. The van der Waals surface area contributed by atoms with Crippen LogP contribution in [0.15, 0.2) is 47.1 Å². The van der Waals surface area contributed by atoms with Gasteiger partial charge in [0.15, 0.2) is 0 Å². The van der Waals surface area contributed by atoms with Crippen LogP contribution >= 0.6 is 0 Å². The van der Waals surface area contributed by atoms with Crippen molar-refractivity contribution in [2.75, 3.05) is 20.8 Å². The van der Waals surface area contributed by atoms with Crippen LogP contribution in [0.1, 0.15) is 24.8 Å². The van der Waals surface area contributed by atoms with Gasteiger partial charge in [-0.05, 0) is 24.6 Å². The van der Waals surface area contributed by atoms with Gasteiger partial charge in [-0.1, -0.05) is 12.1 Å². The lowest BCUT2D eigenvalue weighted by Gasteiger charge is -2.27. The van der Waals surface area contributed by atoms with E-state index in [4.69, 9.17) is 19.9 Å². The second-order valence-corrected chi connectivity index (χ2v) is 5.51. The Bertz CT molecular complexity index is 833. The average Bonchev–Trinajstić information content (AvgIpc) is 2.67. The molecule has 1 aliphatic rings. The SMILES string of the molecule is CCOc1ccc([C@@H]2C(C#N)=C(N)OC(CC(=O)OC)=C2C(=O)OC)cc1. The molecule has 0 radical (unpaired) electrons. The highest BCUT2D eigenvalue weighted by atomic mass is 16.5. The van der Waals surface area contributed by atoms with E-state index in [0.29, 0.717) is 17.9 Å². The first-order chi connectivity index (χ1) is 13.0. The Kier molecular flexibility index (Phi) is 6.44. The van der Waals surface area contributed by atoms with E-state index in [1.54, 1.807) is 24.3 Å². The van der Waals surface area contributed by atoms with Crippen LogP contribution in [0.5, 0.6) is 5.75 Å². The lowest BCUT2D eigenvalue weighted by atomic mass is 9.82. The molecule has 27 heavy (non-hydrogen) atoms. The number of nitrogens with two attached hydrogens (primary N) is 1. The summed E-state index contributed by atoms with van der Waals surface area (Å²) in [5.41, 5.74) is 6.55. The zero-order chi connectivity index (χ0) is 20.0. The van der Waals surface area contributed by atoms with E-state index in [9.17, 15) is 14.9 Å². The molecular formula is C19H20N2O6. The normalized spacial score (nSPS) is 16.3. The van der Waals surface area contributed by atoms with Crippen molar-refractivity contribution >= 4 is 11.9 Å². The van der Waals surface area contributed by atoms with E-state index < -0.39 is 17.9 Å². The maximum absolute atomic E-state index is 12.5. The number of hydrogen-bond acceptors (Lipinski definition) is 8. The van der Waals surface area contributed by atoms with E-state index in [2.05, 4.69) is 4.74 Å². The maximum atomic E-state index is 12.5. The largest absolute Gasteiger partial charge is 0.494 e. The Hall–Kier alpha value is -3.47. The molecule has 8 heteroatoms. The highest BCUT2D eigenvalue weighted by Gasteiger charge is 2.38. The number of ether oxygens (including phenoxy) is 4. The van der Waals surface area contributed by atoms with Gasteiger partial charge in [-0.3, -0.25) is 4.79 Å². The van der Waals surface area contributed by atoms with Gasteiger partial charge in [-0.15, -0.1) is 0 Å². The van der Waals surface area contributed by atoms with Gasteiger partial charge in [0.25, 0.3) is 0 Å². The van der Waals surface area contributed by atoms with Crippen LogP contribution in [-0.2, 0) is 23.8 Å². The quantitative estimate of drug-likeness (QED) is 0.751. The number of carbonyl (C=O) groups excluding carboxylic acids is 2. The molecule has 8 nitrogen and oxygen atoms in total. The van der Waals surface area contributed by atoms with E-state index in [1.165, 1.54) is 14.2 Å². The predicted octanol–water partition coefficient (Wildman–Crippen LogP) is 1.88. The summed E-state index contributed by atoms with van der Waals surface area (Å²) in [4.78, 5) is 24.2. The summed E-state index contributed by atoms with van der Waals surface area (Å²) < 4.78 is 20.3. The number of esters is 2. The molecule has 0 amide bonds. The molecule has 0 spiro atoms. The maximum Gasteiger partial charge on any atom is 0.338 e. The minimum Gasteiger partial charge on any atom is -0.494 e. The van der Waals surface area contributed by atoms with Gasteiger partial charge in [0.2, 0.25) is 5.88 Å². The minimum atomic E-state index is -0.841. The highest BCUT2D eigenvalue weighted by molar-refractivity contribution is 5.93. The first-order valence-electron chi connectivity index (χ1n) is 8.15. The molecule has 0 unspecified atom stereocenters. The molecule has 0 fully saturated rings. The summed E-state index contributed by atoms with van der Waals surface area (Å²) in [6.07, 6.45) is -0.326. The summed E-state index contributed by atoms with van der Waals surface area (Å²) in [6.45, 7) is 2.37. The summed E-state index contributed by atoms with van der Waals surface area (Å²) in [5, 5.41) is 9.56. The molecule has 2 rings (SSSR count). The fraction of sp³-hybridized carbons (Fsp3) is 0.316. The van der Waals surface area contributed by atoms with Crippen molar-refractivity contribution in [3.05, 3.63) is 52.6 Å². The molecule has 142 valence electrons. The van der Waals surface area contributed by atoms with Crippen molar-refractivity contribution in [1.82, 2.24) is 0 Å². The molecule has 2 N–H and O–H groups in total. The molecule has 1 aliphatic heterocycles. The smallest absolute Gasteiger partial charge is 0.338 e. The fourth-order valence-electron chi connectivity index (χ4n) is 2.74. The van der Waals surface area contributed by atoms with E-state index in [1.807, 2.05) is 13.0 Å². The highest BCUT2D eigenvalue weighted by Crippen LogP contribution is 2.40. The van der Waals surface area contributed by atoms with Gasteiger partial charge in [-0.2, -0.15) is 5.26 Å². The van der Waals surface area contributed by atoms with E-state index in [-0.39, 0.29) is 29.2 Å². The summed E-state index contributed by atoms with van der Waals surface area (Å²) in [7, 11) is 2.42. The van der Waals surface area contributed by atoms with Gasteiger partial charge in [0.05, 0.1) is 32.3 Å². The van der Waals surface area contributed by atoms with Crippen LogP contribution in [0.2, 0.25) is 0 Å². The third-order valence-electron chi connectivity index (χ3n) is 3.96. The summed E-state index contributed by atoms with van der Waals surface area (Å²) >= 11 is 0. The number of hydrogen-bond donors (Lipinski definition) is 1. The number of nitrogens with zero attached hydrogens (tertiary/aromatic N) is 1. The molecular weight excluding hydrogens is 352 g/mol. The van der Waals surface area contributed by atoms with Gasteiger partial charge < -0.3 is 24.7 Å². The van der Waals surface area contributed by atoms with Crippen molar-refractivity contribution in [2.24, 2.45) is 5.73 Å². The van der Waals surface area contributed by atoms with Gasteiger partial charge in [0.1, 0.15) is 29.6 Å². The molecule has 1 aromatic rings. The monoisotopic (exact) mass is 372 g/mol. The van der Waals surface area contributed by atoms with Crippen molar-refractivity contribution in [1.29, 1.82) is 5.26 Å². The topological polar surface area (TPSA) is 121 Å². The number of carbonyl (C=O) groups is 2. The van der Waals surface area contributed by atoms with Crippen LogP contribution in [0, 0.1) is 11.3 Å². The van der Waals surface area contributed by atoms with Crippen LogP contribution in [0.4, 0.5) is 0 Å². The van der Waals surface area contributed by atoms with Crippen LogP contribution in [-0.4, -0.2) is 32.8 Å². The first kappa shape index (κ1) is 19.8. The second-order valence-electron chi connectivity index (χ2n) is 5.51. The summed E-state index contributed by atoms with van der Waals surface area (Å²) in [6, 6.07) is 8.84. The number of methoxy groups -OCH3 is 2. The van der Waals surface area contributed by atoms with Gasteiger partial charge >= 0.3 is 11.9 Å². The Morgan fingerprint density at radius 3 is 2.41 bits per heavy atom. The van der Waals surface area contributed by atoms with Crippen molar-refractivity contribution in [3.8, 4) is 11.8 Å². The van der Waals surface area contributed by atoms with Crippen LogP contribution in [0.3, 0.4) is 0 Å². The summed E-state index contributed by atoms with van der Waals surface area (Å²) in [5.74, 6) is -1.74. The van der Waals surface area contributed by atoms with Crippen molar-refractivity contribution < 1.29 is 28.5 Å². The molecule has 0 aliphatic carbocycles. The molecule has 0 saturated heterocycles. The Balaban J connectivity index is 2.61. The molecule has 1 heterocycles. The zero-order valence-corrected chi connectivity index (χ0v) is 15.3. The fourth-order valence-corrected chi connectivity index (χ4v) is 2.74. The molecule has 0 aromatic heterocycles. The lowest BCUT2D eigenvalue weighted by Crippen LogP contribution is -2.26. The van der Waals surface area contributed by atoms with Gasteiger partial charge in [-0.25, -0.2) is 4.79 Å². The number of allylic oxidation sites excluding steroid dienone is 1. The van der Waals surface area contributed by atoms with Crippen LogP contribution < -0.4 is 10.5 Å². The Morgan fingerprint density at radius 2 is 1.89 bits per heavy atom. The third kappa shape index (κ3) is 4.20. The first-order valence-corrected chi connectivity index (χ1v) is 8.15. The van der Waals surface area contributed by atoms with Crippen molar-refractivity contribution in [3.63, 3.8) is 0 Å². The third-order valence-corrected chi connectivity index (χ3v) is 3.96. The van der Waals surface area contributed by atoms with Crippen LogP contribution in [0.25, 0.3) is 0 Å². The molecule has 1 atom stereocenters. The van der Waals surface area contributed by atoms with Gasteiger partial charge in [0, 0.05) is 0 Å². The average molecular weight is 372 g/mol. The van der Waals surface area contributed by atoms with E-state index >= 15 is 0 Å². The Morgan fingerprint density at radius 1 is 1.22 bits per heavy atom. The number of nitriles is 1. The number of benzene rings is 1. The molecule has 0 saturated carbocycles. The van der Waals surface area contributed by atoms with E-state index in [0.717, 1.165) is 0 Å². The Labute approximate surface area is 156 Å². The minimum absolute atomic E-state index is 0.0101. The zero-order valence-electron chi connectivity index (χ0n) is 15.3. The second kappa shape index (κ2) is 8.76. The number of rotatable bonds is 6. The lowest BCUT2D eigenvalue weighted by molar-refractivity contribution is -0.140. The standard InChI is InChI=1S/C19H20N2O6/c1-4-26-12-7-5-11(6-8-12)16-13(10-20)18(21)27-14(9-15(22)24-2)17(16)19(23)25-3/h5-8,16H,4,9,21H2,1-3H3/t16-/m1/s1. The van der Waals surface area contributed by atoms with Crippen molar-refractivity contribution in [2.45, 2.75) is 19.3 Å².